The average molecular weight is 274 g/mol. The molecule has 1 fully saturated rings. The van der Waals surface area contributed by atoms with Gasteiger partial charge >= 0.3 is 6.03 Å². The minimum atomic E-state index is -0.0123. The van der Waals surface area contributed by atoms with Gasteiger partial charge in [0.25, 0.3) is 0 Å². The lowest BCUT2D eigenvalue weighted by Crippen LogP contribution is -2.43. The summed E-state index contributed by atoms with van der Waals surface area (Å²) in [5, 5.41) is 6.05. The van der Waals surface area contributed by atoms with Crippen LogP contribution in [0.4, 0.5) is 4.79 Å². The van der Waals surface area contributed by atoms with E-state index in [2.05, 4.69) is 42.7 Å². The second kappa shape index (κ2) is 7.32. The van der Waals surface area contributed by atoms with Crippen LogP contribution < -0.4 is 10.6 Å². The monoisotopic (exact) mass is 274 g/mol. The highest BCUT2D eigenvalue weighted by atomic mass is 16.2. The minimum absolute atomic E-state index is 0.0123. The topological polar surface area (TPSA) is 41.1 Å². The molecule has 0 saturated heterocycles. The molecule has 1 aromatic carbocycles. The van der Waals surface area contributed by atoms with Gasteiger partial charge in [0.1, 0.15) is 0 Å². The molecule has 1 aromatic rings. The first kappa shape index (κ1) is 14.9. The summed E-state index contributed by atoms with van der Waals surface area (Å²) >= 11 is 0. The summed E-state index contributed by atoms with van der Waals surface area (Å²) in [7, 11) is 0. The molecule has 0 aromatic heterocycles. The summed E-state index contributed by atoms with van der Waals surface area (Å²) < 4.78 is 0. The molecule has 2 amide bonds. The van der Waals surface area contributed by atoms with Crippen molar-refractivity contribution in [3.05, 3.63) is 34.9 Å². The van der Waals surface area contributed by atoms with Crippen LogP contribution in [0.15, 0.2) is 18.2 Å². The number of benzene rings is 1. The molecule has 0 bridgehead atoms. The Kier molecular flexibility index (Phi) is 5.45. The first-order valence-corrected chi connectivity index (χ1v) is 7.75. The summed E-state index contributed by atoms with van der Waals surface area (Å²) in [5.41, 5.74) is 3.90. The fourth-order valence-electron chi connectivity index (χ4n) is 2.92. The molecule has 20 heavy (non-hydrogen) atoms. The number of rotatable bonds is 4. The molecule has 0 spiro atoms. The number of carbonyl (C=O) groups excluding carboxylic acids is 1. The molecule has 3 heteroatoms. The van der Waals surface area contributed by atoms with E-state index in [0.29, 0.717) is 12.6 Å². The first-order valence-electron chi connectivity index (χ1n) is 7.75. The second-order valence-electron chi connectivity index (χ2n) is 5.92. The van der Waals surface area contributed by atoms with Crippen LogP contribution >= 0.6 is 0 Å². The molecule has 0 radical (unpaired) electrons. The molecule has 1 aliphatic carbocycles. The third-order valence-electron chi connectivity index (χ3n) is 4.12. The van der Waals surface area contributed by atoms with Gasteiger partial charge in [0.2, 0.25) is 0 Å². The first-order chi connectivity index (χ1) is 9.65. The fraction of sp³-hybridized carbons (Fsp3) is 0.588. The second-order valence-corrected chi connectivity index (χ2v) is 5.92. The largest absolute Gasteiger partial charge is 0.338 e. The highest BCUT2D eigenvalue weighted by molar-refractivity contribution is 5.74. The van der Waals surface area contributed by atoms with E-state index in [1.165, 1.54) is 36.0 Å². The number of urea groups is 1. The van der Waals surface area contributed by atoms with E-state index < -0.39 is 0 Å². The number of aryl methyl sites for hydroxylation is 2. The normalized spacial score (nSPS) is 15.9. The molecular formula is C17H26N2O. The molecule has 1 saturated carbocycles. The smallest absolute Gasteiger partial charge is 0.315 e. The number of nitrogens with one attached hydrogen (secondary N) is 2. The SMILES string of the molecule is Cc1ccc(CCNC(=O)NC2CCCCC2)c(C)c1. The zero-order valence-electron chi connectivity index (χ0n) is 12.7. The van der Waals surface area contributed by atoms with Gasteiger partial charge in [-0.3, -0.25) is 0 Å². The maximum absolute atomic E-state index is 11.8. The highest BCUT2D eigenvalue weighted by Crippen LogP contribution is 2.17. The Hall–Kier alpha value is -1.51. The van der Waals surface area contributed by atoms with Gasteiger partial charge in [-0.15, -0.1) is 0 Å². The Morgan fingerprint density at radius 1 is 1.20 bits per heavy atom. The van der Waals surface area contributed by atoms with Crippen LogP contribution in [0.3, 0.4) is 0 Å². The van der Waals surface area contributed by atoms with Gasteiger partial charge in [0, 0.05) is 12.6 Å². The lowest BCUT2D eigenvalue weighted by Gasteiger charge is -2.22. The maximum atomic E-state index is 11.8. The van der Waals surface area contributed by atoms with Crippen LogP contribution in [0.25, 0.3) is 0 Å². The maximum Gasteiger partial charge on any atom is 0.315 e. The Labute approximate surface area is 122 Å². The van der Waals surface area contributed by atoms with E-state index in [9.17, 15) is 4.79 Å². The van der Waals surface area contributed by atoms with Gasteiger partial charge in [-0.05, 0) is 44.2 Å². The van der Waals surface area contributed by atoms with E-state index in [1.807, 2.05) is 0 Å². The van der Waals surface area contributed by atoms with E-state index in [1.54, 1.807) is 0 Å². The quantitative estimate of drug-likeness (QED) is 0.867. The van der Waals surface area contributed by atoms with Crippen molar-refractivity contribution >= 4 is 6.03 Å². The molecule has 1 aliphatic rings. The Morgan fingerprint density at radius 2 is 1.95 bits per heavy atom. The predicted octanol–water partition coefficient (Wildman–Crippen LogP) is 3.48. The third-order valence-corrected chi connectivity index (χ3v) is 4.12. The summed E-state index contributed by atoms with van der Waals surface area (Å²) in [5.74, 6) is 0. The van der Waals surface area contributed by atoms with E-state index in [0.717, 1.165) is 19.3 Å². The predicted molar refractivity (Wildman–Crippen MR) is 83.0 cm³/mol. The lowest BCUT2D eigenvalue weighted by molar-refractivity contribution is 0.233. The van der Waals surface area contributed by atoms with Gasteiger partial charge in [-0.2, -0.15) is 0 Å². The number of carbonyl (C=O) groups is 1. The Morgan fingerprint density at radius 3 is 2.65 bits per heavy atom. The molecular weight excluding hydrogens is 248 g/mol. The summed E-state index contributed by atoms with van der Waals surface area (Å²) in [6.07, 6.45) is 6.95. The van der Waals surface area contributed by atoms with Gasteiger partial charge in [-0.1, -0.05) is 43.0 Å². The van der Waals surface area contributed by atoms with Crippen molar-refractivity contribution in [2.45, 2.75) is 58.4 Å². The standard InChI is InChI=1S/C17H26N2O/c1-13-8-9-15(14(2)12-13)10-11-18-17(20)19-16-6-4-3-5-7-16/h8-9,12,16H,3-7,10-11H2,1-2H3,(H2,18,19,20). The van der Waals surface area contributed by atoms with E-state index in [-0.39, 0.29) is 6.03 Å². The van der Waals surface area contributed by atoms with E-state index in [4.69, 9.17) is 0 Å². The lowest BCUT2D eigenvalue weighted by atomic mass is 9.96. The summed E-state index contributed by atoms with van der Waals surface area (Å²) in [6, 6.07) is 6.85. The fourth-order valence-corrected chi connectivity index (χ4v) is 2.92. The van der Waals surface area contributed by atoms with Crippen molar-refractivity contribution < 1.29 is 4.79 Å². The zero-order valence-corrected chi connectivity index (χ0v) is 12.7. The molecule has 2 rings (SSSR count). The summed E-state index contributed by atoms with van der Waals surface area (Å²) in [6.45, 7) is 4.93. The van der Waals surface area contributed by atoms with Gasteiger partial charge in [0.05, 0.1) is 0 Å². The van der Waals surface area contributed by atoms with Gasteiger partial charge in [-0.25, -0.2) is 4.79 Å². The molecule has 0 aliphatic heterocycles. The third kappa shape index (κ3) is 4.55. The summed E-state index contributed by atoms with van der Waals surface area (Å²) in [4.78, 5) is 11.8. The van der Waals surface area contributed by atoms with E-state index >= 15 is 0 Å². The Bertz CT molecular complexity index is 450. The molecule has 0 unspecified atom stereocenters. The van der Waals surface area contributed by atoms with Crippen molar-refractivity contribution in [1.29, 1.82) is 0 Å². The van der Waals surface area contributed by atoms with Crippen molar-refractivity contribution in [3.8, 4) is 0 Å². The molecule has 0 atom stereocenters. The van der Waals surface area contributed by atoms with Crippen molar-refractivity contribution in [3.63, 3.8) is 0 Å². The van der Waals surface area contributed by atoms with Crippen LogP contribution in [-0.4, -0.2) is 18.6 Å². The zero-order chi connectivity index (χ0) is 14.4. The van der Waals surface area contributed by atoms with Gasteiger partial charge < -0.3 is 10.6 Å². The molecule has 2 N–H and O–H groups in total. The van der Waals surface area contributed by atoms with Gasteiger partial charge in [0.15, 0.2) is 0 Å². The number of amides is 2. The van der Waals surface area contributed by atoms with Crippen LogP contribution in [0, 0.1) is 13.8 Å². The van der Waals surface area contributed by atoms with Crippen LogP contribution in [-0.2, 0) is 6.42 Å². The Balaban J connectivity index is 1.70. The van der Waals surface area contributed by atoms with Crippen molar-refractivity contribution in [2.24, 2.45) is 0 Å². The number of hydrogen-bond acceptors (Lipinski definition) is 1. The molecule has 0 heterocycles. The molecule has 3 nitrogen and oxygen atoms in total. The minimum Gasteiger partial charge on any atom is -0.338 e. The average Bonchev–Trinajstić information content (AvgIpc) is 2.42. The van der Waals surface area contributed by atoms with Crippen LogP contribution in [0.1, 0.15) is 48.8 Å². The van der Waals surface area contributed by atoms with Crippen molar-refractivity contribution in [2.75, 3.05) is 6.54 Å². The van der Waals surface area contributed by atoms with Crippen LogP contribution in [0.2, 0.25) is 0 Å². The highest BCUT2D eigenvalue weighted by Gasteiger charge is 2.15. The van der Waals surface area contributed by atoms with Crippen LogP contribution in [0.5, 0.6) is 0 Å². The van der Waals surface area contributed by atoms with Crippen molar-refractivity contribution in [1.82, 2.24) is 10.6 Å². The number of hydrogen-bond donors (Lipinski definition) is 2. The molecule has 110 valence electrons.